The molecule has 1 heterocycles. The van der Waals surface area contributed by atoms with Gasteiger partial charge in [0, 0.05) is 23.8 Å². The Hall–Kier alpha value is -3.11. The molecule has 1 fully saturated rings. The van der Waals surface area contributed by atoms with Crippen LogP contribution in [0.1, 0.15) is 36.6 Å². The van der Waals surface area contributed by atoms with E-state index in [-0.39, 0.29) is 18.1 Å². The lowest BCUT2D eigenvalue weighted by Gasteiger charge is -2.22. The minimum atomic E-state index is -0.0466. The number of aryl methyl sites for hydroxylation is 1. The maximum atomic E-state index is 13.0. The Bertz CT molecular complexity index is 1050. The molecule has 1 saturated carbocycles. The Kier molecular flexibility index (Phi) is 6.15. The molecule has 4 rings (SSSR count). The fourth-order valence-corrected chi connectivity index (χ4v) is 4.12. The topological polar surface area (TPSA) is 74.8 Å². The highest BCUT2D eigenvalue weighted by atomic mass is 32.2. The van der Waals surface area contributed by atoms with E-state index >= 15 is 0 Å². The van der Waals surface area contributed by atoms with E-state index in [0.29, 0.717) is 12.5 Å². The fourth-order valence-electron chi connectivity index (χ4n) is 3.29. The van der Waals surface area contributed by atoms with E-state index in [2.05, 4.69) is 20.8 Å². The zero-order valence-corrected chi connectivity index (χ0v) is 17.7. The van der Waals surface area contributed by atoms with Crippen LogP contribution in [0.3, 0.4) is 0 Å². The third-order valence-corrected chi connectivity index (χ3v) is 5.95. The van der Waals surface area contributed by atoms with Crippen LogP contribution < -0.4 is 4.90 Å². The van der Waals surface area contributed by atoms with Crippen LogP contribution in [0.15, 0.2) is 59.8 Å². The predicted octanol–water partition coefficient (Wildman–Crippen LogP) is 4.49. The molecule has 0 atom stereocenters. The van der Waals surface area contributed by atoms with E-state index in [9.17, 15) is 4.79 Å². The van der Waals surface area contributed by atoms with Gasteiger partial charge in [-0.2, -0.15) is 5.26 Å². The number of rotatable bonds is 8. The van der Waals surface area contributed by atoms with Crippen molar-refractivity contribution in [3.63, 3.8) is 0 Å². The Morgan fingerprint density at radius 1 is 1.17 bits per heavy atom. The molecule has 0 saturated heterocycles. The molecular formula is C23H23N5OS. The lowest BCUT2D eigenvalue weighted by atomic mass is 10.2. The van der Waals surface area contributed by atoms with Crippen LogP contribution in [0.5, 0.6) is 0 Å². The van der Waals surface area contributed by atoms with Crippen LogP contribution in [0.2, 0.25) is 0 Å². The Morgan fingerprint density at radius 2 is 1.90 bits per heavy atom. The molecule has 1 amide bonds. The fraction of sp³-hybridized carbons (Fsp3) is 0.304. The lowest BCUT2D eigenvalue weighted by Crippen LogP contribution is -2.33. The summed E-state index contributed by atoms with van der Waals surface area (Å²) in [7, 11) is 0. The average Bonchev–Trinajstić information content (AvgIpc) is 3.53. The molecule has 0 bridgehead atoms. The molecule has 0 unspecified atom stereocenters. The summed E-state index contributed by atoms with van der Waals surface area (Å²) < 4.78 is 2.07. The summed E-state index contributed by atoms with van der Waals surface area (Å²) in [5, 5.41) is 18.5. The lowest BCUT2D eigenvalue weighted by molar-refractivity contribution is -0.116. The van der Waals surface area contributed by atoms with Crippen molar-refractivity contribution in [2.75, 3.05) is 17.2 Å². The van der Waals surface area contributed by atoms with Crippen molar-refractivity contribution < 1.29 is 4.79 Å². The molecule has 0 N–H and O–H groups in total. The summed E-state index contributed by atoms with van der Waals surface area (Å²) in [5.74, 6) is 1.60. The van der Waals surface area contributed by atoms with Crippen molar-refractivity contribution >= 4 is 23.4 Å². The van der Waals surface area contributed by atoms with Crippen molar-refractivity contribution in [2.24, 2.45) is 0 Å². The quantitative estimate of drug-likeness (QED) is 0.505. The number of hydrogen-bond acceptors (Lipinski definition) is 5. The minimum Gasteiger partial charge on any atom is -0.311 e. The van der Waals surface area contributed by atoms with Crippen LogP contribution in [0.25, 0.3) is 5.69 Å². The monoisotopic (exact) mass is 417 g/mol. The standard InChI is InChI=1S/C23H23N5OS/c1-17-8-12-19(13-9-17)27(15-5-14-24)21(29)16-30-23-26-25-22(18-10-11-18)28(23)20-6-3-2-4-7-20/h2-4,6-9,12-13,18H,5,10-11,15-16H2,1H3. The molecule has 6 nitrogen and oxygen atoms in total. The number of nitriles is 1. The second-order valence-corrected chi connectivity index (χ2v) is 8.31. The molecule has 1 aromatic heterocycles. The largest absolute Gasteiger partial charge is 0.311 e. The number of amides is 1. The summed E-state index contributed by atoms with van der Waals surface area (Å²) in [6.07, 6.45) is 2.55. The number of benzene rings is 2. The summed E-state index contributed by atoms with van der Waals surface area (Å²) in [6.45, 7) is 2.38. The van der Waals surface area contributed by atoms with E-state index in [1.807, 2.05) is 61.5 Å². The van der Waals surface area contributed by atoms with Gasteiger partial charge in [-0.1, -0.05) is 47.7 Å². The minimum absolute atomic E-state index is 0.0466. The molecule has 1 aliphatic rings. The van der Waals surface area contributed by atoms with E-state index in [4.69, 9.17) is 5.26 Å². The van der Waals surface area contributed by atoms with Crippen molar-refractivity contribution in [1.82, 2.24) is 14.8 Å². The van der Waals surface area contributed by atoms with E-state index in [1.165, 1.54) is 11.8 Å². The van der Waals surface area contributed by atoms with Gasteiger partial charge in [0.25, 0.3) is 0 Å². The van der Waals surface area contributed by atoms with Crippen LogP contribution in [0.4, 0.5) is 5.69 Å². The number of anilines is 1. The molecule has 0 spiro atoms. The molecule has 7 heteroatoms. The first-order valence-electron chi connectivity index (χ1n) is 10.0. The van der Waals surface area contributed by atoms with E-state index in [1.54, 1.807) is 4.90 Å². The maximum Gasteiger partial charge on any atom is 0.237 e. The number of aromatic nitrogens is 3. The van der Waals surface area contributed by atoms with Gasteiger partial charge in [-0.25, -0.2) is 0 Å². The van der Waals surface area contributed by atoms with Gasteiger partial charge in [0.1, 0.15) is 5.82 Å². The first-order chi connectivity index (χ1) is 14.7. The summed E-state index contributed by atoms with van der Waals surface area (Å²) in [6, 6.07) is 20.0. The van der Waals surface area contributed by atoms with Crippen LogP contribution in [-0.2, 0) is 4.79 Å². The Balaban J connectivity index is 1.54. The smallest absolute Gasteiger partial charge is 0.237 e. The molecule has 0 radical (unpaired) electrons. The first kappa shape index (κ1) is 20.2. The molecule has 30 heavy (non-hydrogen) atoms. The van der Waals surface area contributed by atoms with Gasteiger partial charge in [-0.3, -0.25) is 9.36 Å². The average molecular weight is 418 g/mol. The zero-order valence-electron chi connectivity index (χ0n) is 16.9. The van der Waals surface area contributed by atoms with E-state index < -0.39 is 0 Å². The van der Waals surface area contributed by atoms with Crippen LogP contribution in [0, 0.1) is 18.3 Å². The van der Waals surface area contributed by atoms with Crippen LogP contribution in [-0.4, -0.2) is 33.0 Å². The van der Waals surface area contributed by atoms with Crippen molar-refractivity contribution in [2.45, 2.75) is 37.3 Å². The summed E-state index contributed by atoms with van der Waals surface area (Å²) >= 11 is 1.39. The summed E-state index contributed by atoms with van der Waals surface area (Å²) in [5.41, 5.74) is 2.95. The molecule has 2 aromatic carbocycles. The molecule has 152 valence electrons. The highest BCUT2D eigenvalue weighted by molar-refractivity contribution is 7.99. The first-order valence-corrected chi connectivity index (χ1v) is 11.0. The molecule has 1 aliphatic carbocycles. The highest BCUT2D eigenvalue weighted by Crippen LogP contribution is 2.41. The van der Waals surface area contributed by atoms with Gasteiger partial charge in [0.05, 0.1) is 18.2 Å². The Morgan fingerprint density at radius 3 is 2.57 bits per heavy atom. The van der Waals surface area contributed by atoms with Gasteiger partial charge in [0.2, 0.25) is 5.91 Å². The van der Waals surface area contributed by atoms with E-state index in [0.717, 1.165) is 40.8 Å². The number of carbonyl (C=O) groups is 1. The Labute approximate surface area is 180 Å². The zero-order chi connectivity index (χ0) is 20.9. The molecule has 0 aliphatic heterocycles. The SMILES string of the molecule is Cc1ccc(N(CCC#N)C(=O)CSc2nnc(C3CC3)n2-c2ccccc2)cc1. The predicted molar refractivity (Wildman–Crippen MR) is 118 cm³/mol. The summed E-state index contributed by atoms with van der Waals surface area (Å²) in [4.78, 5) is 14.7. The number of nitrogens with zero attached hydrogens (tertiary/aromatic N) is 5. The van der Waals surface area contributed by atoms with Gasteiger partial charge in [0.15, 0.2) is 5.16 Å². The highest BCUT2D eigenvalue weighted by Gasteiger charge is 2.31. The van der Waals surface area contributed by atoms with Gasteiger partial charge >= 0.3 is 0 Å². The number of para-hydroxylation sites is 1. The number of carbonyl (C=O) groups excluding carboxylic acids is 1. The third kappa shape index (κ3) is 4.55. The number of hydrogen-bond donors (Lipinski definition) is 0. The van der Waals surface area contributed by atoms with Crippen molar-refractivity contribution in [1.29, 1.82) is 5.26 Å². The normalized spacial score (nSPS) is 13.1. The van der Waals surface area contributed by atoms with Crippen molar-refractivity contribution in [3.05, 3.63) is 66.0 Å². The molecular weight excluding hydrogens is 394 g/mol. The van der Waals surface area contributed by atoms with Gasteiger partial charge in [-0.15, -0.1) is 10.2 Å². The maximum absolute atomic E-state index is 13.0. The second-order valence-electron chi connectivity index (χ2n) is 7.36. The van der Waals surface area contributed by atoms with Gasteiger partial charge in [-0.05, 0) is 44.0 Å². The molecule has 3 aromatic rings. The van der Waals surface area contributed by atoms with Crippen LogP contribution >= 0.6 is 11.8 Å². The third-order valence-electron chi connectivity index (χ3n) is 5.03. The van der Waals surface area contributed by atoms with Crippen molar-refractivity contribution in [3.8, 4) is 11.8 Å². The number of thioether (sulfide) groups is 1. The second kappa shape index (κ2) is 9.14. The van der Waals surface area contributed by atoms with Gasteiger partial charge < -0.3 is 4.90 Å².